The van der Waals surface area contributed by atoms with Crippen molar-refractivity contribution >= 4 is 17.3 Å². The van der Waals surface area contributed by atoms with E-state index in [4.69, 9.17) is 5.73 Å². The van der Waals surface area contributed by atoms with Crippen molar-refractivity contribution in [2.24, 2.45) is 11.7 Å². The van der Waals surface area contributed by atoms with E-state index in [-0.39, 0.29) is 5.91 Å². The van der Waals surface area contributed by atoms with Gasteiger partial charge in [0.15, 0.2) is 0 Å². The third-order valence-corrected chi connectivity index (χ3v) is 3.80. The lowest BCUT2D eigenvalue weighted by molar-refractivity contribution is -0.118. The molecule has 0 bridgehead atoms. The Morgan fingerprint density at radius 1 is 1.32 bits per heavy atom. The van der Waals surface area contributed by atoms with Gasteiger partial charge < -0.3 is 15.5 Å². The topological polar surface area (TPSA) is 49.6 Å². The first kappa shape index (κ1) is 13.9. The van der Waals surface area contributed by atoms with Crippen LogP contribution in [0.2, 0.25) is 0 Å². The van der Waals surface area contributed by atoms with Crippen LogP contribution in [0.1, 0.15) is 19.8 Å². The second-order valence-corrected chi connectivity index (χ2v) is 5.34. The van der Waals surface area contributed by atoms with Gasteiger partial charge in [-0.2, -0.15) is 0 Å². The average Bonchev–Trinajstić information content (AvgIpc) is 2.45. The van der Waals surface area contributed by atoms with Crippen molar-refractivity contribution in [1.82, 2.24) is 0 Å². The van der Waals surface area contributed by atoms with Gasteiger partial charge in [-0.05, 0) is 31.0 Å². The standard InChI is InChI=1S/C15H23N3O/c1-12(11-16)7-8-15(19)18-10-9-17(2)13-5-3-4-6-14(13)18/h3-6,12H,7-11,16H2,1-2H3. The van der Waals surface area contributed by atoms with Crippen LogP contribution in [0.25, 0.3) is 0 Å². The van der Waals surface area contributed by atoms with Crippen LogP contribution in [-0.4, -0.2) is 32.6 Å². The Kier molecular flexibility index (Phi) is 4.43. The fourth-order valence-electron chi connectivity index (χ4n) is 2.39. The third-order valence-electron chi connectivity index (χ3n) is 3.80. The Morgan fingerprint density at radius 2 is 2.00 bits per heavy atom. The Morgan fingerprint density at radius 3 is 2.68 bits per heavy atom. The number of fused-ring (bicyclic) bond motifs is 1. The van der Waals surface area contributed by atoms with Gasteiger partial charge in [0.1, 0.15) is 0 Å². The van der Waals surface area contributed by atoms with Gasteiger partial charge in [-0.3, -0.25) is 4.79 Å². The maximum atomic E-state index is 12.4. The molecule has 1 amide bonds. The number of anilines is 2. The summed E-state index contributed by atoms with van der Waals surface area (Å²) in [5.74, 6) is 0.618. The van der Waals surface area contributed by atoms with Crippen LogP contribution in [0.3, 0.4) is 0 Å². The molecule has 1 atom stereocenters. The van der Waals surface area contributed by atoms with Gasteiger partial charge in [0.2, 0.25) is 5.91 Å². The molecule has 0 fully saturated rings. The summed E-state index contributed by atoms with van der Waals surface area (Å²) in [6, 6.07) is 8.09. The monoisotopic (exact) mass is 261 g/mol. The summed E-state index contributed by atoms with van der Waals surface area (Å²) in [6.45, 7) is 4.39. The molecular weight excluding hydrogens is 238 g/mol. The van der Waals surface area contributed by atoms with E-state index < -0.39 is 0 Å². The fraction of sp³-hybridized carbons (Fsp3) is 0.533. The largest absolute Gasteiger partial charge is 0.371 e. The molecule has 1 aliphatic rings. The van der Waals surface area contributed by atoms with Gasteiger partial charge in [-0.1, -0.05) is 19.1 Å². The summed E-state index contributed by atoms with van der Waals surface area (Å²) < 4.78 is 0. The molecule has 0 aliphatic carbocycles. The first-order valence-corrected chi connectivity index (χ1v) is 6.94. The molecule has 1 aromatic rings. The van der Waals surface area contributed by atoms with Crippen LogP contribution < -0.4 is 15.5 Å². The first-order chi connectivity index (χ1) is 9.13. The highest BCUT2D eigenvalue weighted by molar-refractivity contribution is 5.97. The Labute approximate surface area is 115 Å². The number of hydrogen-bond donors (Lipinski definition) is 1. The lowest BCUT2D eigenvalue weighted by Gasteiger charge is -2.35. The van der Waals surface area contributed by atoms with Crippen molar-refractivity contribution in [3.8, 4) is 0 Å². The summed E-state index contributed by atoms with van der Waals surface area (Å²) in [5.41, 5.74) is 7.76. The second kappa shape index (κ2) is 6.06. The molecule has 0 radical (unpaired) electrons. The van der Waals surface area contributed by atoms with Crippen molar-refractivity contribution < 1.29 is 4.79 Å². The normalized spacial score (nSPS) is 16.2. The van der Waals surface area contributed by atoms with E-state index in [0.29, 0.717) is 18.9 Å². The van der Waals surface area contributed by atoms with Gasteiger partial charge >= 0.3 is 0 Å². The Balaban J connectivity index is 2.09. The lowest BCUT2D eigenvalue weighted by atomic mass is 10.0. The van der Waals surface area contributed by atoms with E-state index in [0.717, 1.165) is 30.9 Å². The molecule has 1 heterocycles. The number of carbonyl (C=O) groups is 1. The third kappa shape index (κ3) is 3.07. The molecule has 1 aliphatic heterocycles. The van der Waals surface area contributed by atoms with E-state index in [1.807, 2.05) is 23.1 Å². The lowest BCUT2D eigenvalue weighted by Crippen LogP contribution is -2.42. The highest BCUT2D eigenvalue weighted by Gasteiger charge is 2.24. The predicted octanol–water partition coefficient (Wildman–Crippen LogP) is 1.84. The Hall–Kier alpha value is -1.55. The Bertz CT molecular complexity index is 447. The van der Waals surface area contributed by atoms with Crippen molar-refractivity contribution in [3.63, 3.8) is 0 Å². The highest BCUT2D eigenvalue weighted by Crippen LogP contribution is 2.32. The first-order valence-electron chi connectivity index (χ1n) is 6.94. The maximum Gasteiger partial charge on any atom is 0.227 e. The number of likely N-dealkylation sites (N-methyl/N-ethyl adjacent to an activating group) is 1. The number of nitrogens with zero attached hydrogens (tertiary/aromatic N) is 2. The minimum Gasteiger partial charge on any atom is -0.371 e. The van der Waals surface area contributed by atoms with Crippen LogP contribution >= 0.6 is 0 Å². The van der Waals surface area contributed by atoms with E-state index in [1.165, 1.54) is 0 Å². The van der Waals surface area contributed by atoms with Gasteiger partial charge in [0.25, 0.3) is 0 Å². The number of nitrogens with two attached hydrogens (primary N) is 1. The number of amides is 1. The minimum atomic E-state index is 0.209. The molecule has 0 spiro atoms. The van der Waals surface area contributed by atoms with Crippen molar-refractivity contribution in [3.05, 3.63) is 24.3 Å². The van der Waals surface area contributed by atoms with Gasteiger partial charge in [-0.15, -0.1) is 0 Å². The van der Waals surface area contributed by atoms with E-state index in [2.05, 4.69) is 24.9 Å². The number of carbonyl (C=O) groups excluding carboxylic acids is 1. The van der Waals surface area contributed by atoms with Crippen molar-refractivity contribution in [1.29, 1.82) is 0 Å². The highest BCUT2D eigenvalue weighted by atomic mass is 16.2. The average molecular weight is 261 g/mol. The molecule has 104 valence electrons. The molecule has 4 heteroatoms. The summed E-state index contributed by atoms with van der Waals surface area (Å²) in [4.78, 5) is 16.5. The van der Waals surface area contributed by atoms with Gasteiger partial charge in [0.05, 0.1) is 11.4 Å². The molecule has 0 aromatic heterocycles. The molecule has 0 saturated carbocycles. The summed E-state index contributed by atoms with van der Waals surface area (Å²) in [7, 11) is 2.07. The summed E-state index contributed by atoms with van der Waals surface area (Å²) in [5, 5.41) is 0. The SMILES string of the molecule is CC(CN)CCC(=O)N1CCN(C)c2ccccc21. The van der Waals surface area contributed by atoms with Gasteiger partial charge in [0, 0.05) is 26.6 Å². The van der Waals surface area contributed by atoms with E-state index in [9.17, 15) is 4.79 Å². The van der Waals surface area contributed by atoms with Crippen LogP contribution in [0.5, 0.6) is 0 Å². The van der Waals surface area contributed by atoms with Crippen LogP contribution in [0.4, 0.5) is 11.4 Å². The van der Waals surface area contributed by atoms with E-state index >= 15 is 0 Å². The molecule has 0 saturated heterocycles. The number of rotatable bonds is 4. The number of benzene rings is 1. The number of hydrogen-bond acceptors (Lipinski definition) is 3. The smallest absolute Gasteiger partial charge is 0.227 e. The molecule has 1 unspecified atom stereocenters. The molecule has 2 N–H and O–H groups in total. The van der Waals surface area contributed by atoms with Gasteiger partial charge in [-0.25, -0.2) is 0 Å². The van der Waals surface area contributed by atoms with Crippen LogP contribution in [0.15, 0.2) is 24.3 Å². The van der Waals surface area contributed by atoms with Crippen molar-refractivity contribution in [2.75, 3.05) is 36.5 Å². The number of para-hydroxylation sites is 2. The minimum absolute atomic E-state index is 0.209. The van der Waals surface area contributed by atoms with Crippen molar-refractivity contribution in [2.45, 2.75) is 19.8 Å². The van der Waals surface area contributed by atoms with E-state index in [1.54, 1.807) is 0 Å². The molecule has 19 heavy (non-hydrogen) atoms. The van der Waals surface area contributed by atoms with Crippen LogP contribution in [-0.2, 0) is 4.79 Å². The zero-order valence-corrected chi connectivity index (χ0v) is 11.8. The predicted molar refractivity (Wildman–Crippen MR) is 79.5 cm³/mol. The zero-order valence-electron chi connectivity index (χ0n) is 11.8. The quantitative estimate of drug-likeness (QED) is 0.900. The molecule has 4 nitrogen and oxygen atoms in total. The zero-order chi connectivity index (χ0) is 13.8. The molecular formula is C15H23N3O. The molecule has 2 rings (SSSR count). The second-order valence-electron chi connectivity index (χ2n) is 5.34. The fourth-order valence-corrected chi connectivity index (χ4v) is 2.39. The summed E-state index contributed by atoms with van der Waals surface area (Å²) >= 11 is 0. The van der Waals surface area contributed by atoms with Crippen LogP contribution in [0, 0.1) is 5.92 Å². The molecule has 1 aromatic carbocycles. The maximum absolute atomic E-state index is 12.4. The summed E-state index contributed by atoms with van der Waals surface area (Å²) in [6.07, 6.45) is 1.44.